The van der Waals surface area contributed by atoms with Crippen molar-refractivity contribution in [3.05, 3.63) is 78.6 Å². The summed E-state index contributed by atoms with van der Waals surface area (Å²) in [7, 11) is 0. The monoisotopic (exact) mass is 413 g/mol. The lowest BCUT2D eigenvalue weighted by atomic mass is 9.82. The number of anilines is 1. The number of para-hydroxylation sites is 1. The van der Waals surface area contributed by atoms with E-state index in [1.807, 2.05) is 54.6 Å². The number of allylic oxidation sites excluding steroid dienone is 2. The van der Waals surface area contributed by atoms with Crippen molar-refractivity contribution in [2.24, 2.45) is 23.7 Å². The average Bonchev–Trinajstić information content (AvgIpc) is 3.43. The van der Waals surface area contributed by atoms with Crippen LogP contribution < -0.4 is 16.2 Å². The summed E-state index contributed by atoms with van der Waals surface area (Å²) in [5.74, 6) is -0.359. The Morgan fingerprint density at radius 1 is 0.871 bits per heavy atom. The van der Waals surface area contributed by atoms with Crippen LogP contribution in [0.4, 0.5) is 5.82 Å². The standard InChI is InChI=1S/C24H23N5O2/c30-23(25-13-15-6-2-1-3-7-15)20-16-10-11-17(12-16)21(20)24(31)29-28-22-18-8-4-5-9-19(18)26-14-27-22/h1-11,14,16-17,20-21H,12-13H2,(H,25,30)(H,29,31)(H,26,27,28)/t16-,17-,20+,21-/m0/s1. The lowest BCUT2D eigenvalue weighted by Gasteiger charge is -2.26. The second kappa shape index (κ2) is 8.18. The number of nitrogens with one attached hydrogen (secondary N) is 3. The molecule has 2 aliphatic carbocycles. The molecule has 3 aromatic rings. The van der Waals surface area contributed by atoms with Crippen LogP contribution in [0.2, 0.25) is 0 Å². The third kappa shape index (κ3) is 3.74. The molecular formula is C24H23N5O2. The number of hydrogen-bond acceptors (Lipinski definition) is 5. The molecule has 1 heterocycles. The van der Waals surface area contributed by atoms with Crippen LogP contribution in [-0.4, -0.2) is 21.8 Å². The number of carbonyl (C=O) groups is 2. The average molecular weight is 413 g/mol. The SMILES string of the molecule is O=C(NNc1ncnc2ccccc12)[C@@H]1[C@H](C(=O)NCc2ccccc2)[C@H]2C=C[C@H]1C2. The van der Waals surface area contributed by atoms with Crippen LogP contribution in [0.5, 0.6) is 0 Å². The minimum absolute atomic E-state index is 0.0708. The molecule has 2 aliphatic rings. The van der Waals surface area contributed by atoms with Crippen LogP contribution in [0, 0.1) is 23.7 Å². The first kappa shape index (κ1) is 19.2. The Labute approximate surface area is 180 Å². The summed E-state index contributed by atoms with van der Waals surface area (Å²) in [5.41, 5.74) is 7.54. The zero-order valence-corrected chi connectivity index (χ0v) is 16.9. The molecule has 0 saturated heterocycles. The molecule has 2 bridgehead atoms. The molecule has 156 valence electrons. The number of amides is 2. The highest BCUT2D eigenvalue weighted by Gasteiger charge is 2.51. The molecule has 1 saturated carbocycles. The number of fused-ring (bicyclic) bond motifs is 3. The van der Waals surface area contributed by atoms with Gasteiger partial charge in [0.1, 0.15) is 6.33 Å². The van der Waals surface area contributed by atoms with E-state index in [1.165, 1.54) is 6.33 Å². The predicted molar refractivity (Wildman–Crippen MR) is 117 cm³/mol. The number of hydrazine groups is 1. The highest BCUT2D eigenvalue weighted by Crippen LogP contribution is 2.48. The first-order valence-electron chi connectivity index (χ1n) is 10.5. The number of benzene rings is 2. The Morgan fingerprint density at radius 2 is 1.58 bits per heavy atom. The lowest BCUT2D eigenvalue weighted by molar-refractivity contribution is -0.135. The van der Waals surface area contributed by atoms with Crippen LogP contribution >= 0.6 is 0 Å². The van der Waals surface area contributed by atoms with Gasteiger partial charge < -0.3 is 5.32 Å². The molecule has 3 N–H and O–H groups in total. The fourth-order valence-electron chi connectivity index (χ4n) is 4.75. The van der Waals surface area contributed by atoms with Crippen molar-refractivity contribution in [1.29, 1.82) is 0 Å². The molecule has 2 aromatic carbocycles. The van der Waals surface area contributed by atoms with Crippen molar-refractivity contribution in [3.63, 3.8) is 0 Å². The van der Waals surface area contributed by atoms with E-state index in [2.05, 4.69) is 38.3 Å². The third-order valence-electron chi connectivity index (χ3n) is 6.22. The van der Waals surface area contributed by atoms with Crippen LogP contribution in [0.25, 0.3) is 10.9 Å². The molecule has 5 rings (SSSR count). The van der Waals surface area contributed by atoms with Gasteiger partial charge in [-0.3, -0.25) is 20.4 Å². The first-order valence-corrected chi connectivity index (χ1v) is 10.5. The zero-order chi connectivity index (χ0) is 21.2. The first-order chi connectivity index (χ1) is 15.2. The van der Waals surface area contributed by atoms with Crippen molar-refractivity contribution >= 4 is 28.5 Å². The van der Waals surface area contributed by atoms with E-state index in [9.17, 15) is 9.59 Å². The predicted octanol–water partition coefficient (Wildman–Crippen LogP) is 2.83. The normalized spacial score (nSPS) is 23.6. The number of aromatic nitrogens is 2. The van der Waals surface area contributed by atoms with Gasteiger partial charge in [-0.05, 0) is 36.0 Å². The van der Waals surface area contributed by atoms with Crippen molar-refractivity contribution in [2.75, 3.05) is 5.43 Å². The largest absolute Gasteiger partial charge is 0.352 e. The molecule has 2 amide bonds. The Morgan fingerprint density at radius 3 is 2.39 bits per heavy atom. The van der Waals surface area contributed by atoms with Gasteiger partial charge in [0, 0.05) is 11.9 Å². The maximum Gasteiger partial charge on any atom is 0.242 e. The van der Waals surface area contributed by atoms with E-state index in [-0.39, 0.29) is 29.6 Å². The molecule has 0 radical (unpaired) electrons. The Balaban J connectivity index is 1.28. The molecule has 0 unspecified atom stereocenters. The molecule has 0 aliphatic heterocycles. The zero-order valence-electron chi connectivity index (χ0n) is 16.9. The fourth-order valence-corrected chi connectivity index (χ4v) is 4.75. The molecule has 1 fully saturated rings. The van der Waals surface area contributed by atoms with E-state index in [1.54, 1.807) is 0 Å². The molecule has 7 nitrogen and oxygen atoms in total. The summed E-state index contributed by atoms with van der Waals surface area (Å²) in [4.78, 5) is 34.6. The van der Waals surface area contributed by atoms with E-state index >= 15 is 0 Å². The summed E-state index contributed by atoms with van der Waals surface area (Å²) < 4.78 is 0. The van der Waals surface area contributed by atoms with Gasteiger partial charge in [-0.15, -0.1) is 0 Å². The van der Waals surface area contributed by atoms with E-state index in [4.69, 9.17) is 0 Å². The summed E-state index contributed by atoms with van der Waals surface area (Å²) in [6.07, 6.45) is 6.43. The van der Waals surface area contributed by atoms with Crippen molar-refractivity contribution in [2.45, 2.75) is 13.0 Å². The van der Waals surface area contributed by atoms with Crippen LogP contribution in [-0.2, 0) is 16.1 Å². The molecule has 1 aromatic heterocycles. The van der Waals surface area contributed by atoms with E-state index in [0.717, 1.165) is 22.9 Å². The molecule has 7 heteroatoms. The van der Waals surface area contributed by atoms with Gasteiger partial charge in [0.25, 0.3) is 0 Å². The second-order valence-corrected chi connectivity index (χ2v) is 8.06. The second-order valence-electron chi connectivity index (χ2n) is 8.06. The van der Waals surface area contributed by atoms with Gasteiger partial charge in [-0.25, -0.2) is 9.97 Å². The Kier molecular flexibility index (Phi) is 5.08. The highest BCUT2D eigenvalue weighted by atomic mass is 16.2. The van der Waals surface area contributed by atoms with Gasteiger partial charge in [-0.2, -0.15) is 0 Å². The van der Waals surface area contributed by atoms with Crippen LogP contribution in [0.15, 0.2) is 73.1 Å². The van der Waals surface area contributed by atoms with Gasteiger partial charge >= 0.3 is 0 Å². The Hall–Kier alpha value is -3.74. The molecule has 31 heavy (non-hydrogen) atoms. The molecular weight excluding hydrogens is 390 g/mol. The van der Waals surface area contributed by atoms with Crippen molar-refractivity contribution in [3.8, 4) is 0 Å². The third-order valence-corrected chi connectivity index (χ3v) is 6.22. The Bertz CT molecular complexity index is 1140. The number of nitrogens with zero attached hydrogens (tertiary/aromatic N) is 2. The number of rotatable bonds is 6. The summed E-state index contributed by atoms with van der Waals surface area (Å²) in [5, 5.41) is 3.83. The van der Waals surface area contributed by atoms with Gasteiger partial charge in [-0.1, -0.05) is 54.6 Å². The minimum Gasteiger partial charge on any atom is -0.352 e. The van der Waals surface area contributed by atoms with Crippen molar-refractivity contribution < 1.29 is 9.59 Å². The topological polar surface area (TPSA) is 96.0 Å². The molecule has 4 atom stereocenters. The quantitative estimate of drug-likeness (QED) is 0.427. The van der Waals surface area contributed by atoms with Gasteiger partial charge in [0.15, 0.2) is 5.82 Å². The smallest absolute Gasteiger partial charge is 0.242 e. The van der Waals surface area contributed by atoms with Crippen molar-refractivity contribution in [1.82, 2.24) is 20.7 Å². The lowest BCUT2D eigenvalue weighted by Crippen LogP contribution is -2.45. The van der Waals surface area contributed by atoms with E-state index < -0.39 is 5.92 Å². The summed E-state index contributed by atoms with van der Waals surface area (Å²) >= 11 is 0. The molecule has 0 spiro atoms. The van der Waals surface area contributed by atoms with Gasteiger partial charge in [0.05, 0.1) is 17.4 Å². The van der Waals surface area contributed by atoms with Gasteiger partial charge in [0.2, 0.25) is 11.8 Å². The maximum absolute atomic E-state index is 13.1. The number of carbonyl (C=O) groups excluding carboxylic acids is 2. The van der Waals surface area contributed by atoms with E-state index in [0.29, 0.717) is 12.4 Å². The number of hydrogen-bond donors (Lipinski definition) is 3. The highest BCUT2D eigenvalue weighted by molar-refractivity contribution is 5.92. The summed E-state index contributed by atoms with van der Waals surface area (Å²) in [6, 6.07) is 17.4. The fraction of sp³-hybridized carbons (Fsp3) is 0.250. The summed E-state index contributed by atoms with van der Waals surface area (Å²) in [6.45, 7) is 0.455. The van der Waals surface area contributed by atoms with Crippen LogP contribution in [0.3, 0.4) is 0 Å². The van der Waals surface area contributed by atoms with Crippen LogP contribution in [0.1, 0.15) is 12.0 Å². The maximum atomic E-state index is 13.1. The minimum atomic E-state index is -0.411.